The van der Waals surface area contributed by atoms with Crippen LogP contribution in [0.15, 0.2) is 46.7 Å². The van der Waals surface area contributed by atoms with Gasteiger partial charge in [0.25, 0.3) is 0 Å². The van der Waals surface area contributed by atoms with E-state index in [-0.39, 0.29) is 4.90 Å². The summed E-state index contributed by atoms with van der Waals surface area (Å²) < 4.78 is 41.1. The van der Waals surface area contributed by atoms with Crippen molar-refractivity contribution in [3.8, 4) is 0 Å². The number of aromatic nitrogens is 1. The zero-order valence-electron chi connectivity index (χ0n) is 17.9. The fourth-order valence-corrected chi connectivity index (χ4v) is 6.48. The van der Waals surface area contributed by atoms with E-state index in [0.717, 1.165) is 23.3 Å². The second-order valence-corrected chi connectivity index (χ2v) is 10.7. The molecule has 2 heterocycles. The van der Waals surface area contributed by atoms with Gasteiger partial charge < -0.3 is 4.90 Å². The smallest absolute Gasteiger partial charge is 0.243 e. The Morgan fingerprint density at radius 3 is 2.35 bits per heavy atom. The summed E-state index contributed by atoms with van der Waals surface area (Å²) in [5.74, 6) is -0.540. The molecule has 0 radical (unpaired) electrons. The van der Waals surface area contributed by atoms with Gasteiger partial charge in [-0.25, -0.2) is 17.8 Å². The predicted molar refractivity (Wildman–Crippen MR) is 123 cm³/mol. The van der Waals surface area contributed by atoms with Crippen molar-refractivity contribution in [3.05, 3.63) is 75.5 Å². The normalized spacial score (nSPS) is 15.4. The molecule has 8 heteroatoms. The number of benzene rings is 2. The molecule has 2 aromatic carbocycles. The van der Waals surface area contributed by atoms with Gasteiger partial charge in [-0.15, -0.1) is 11.3 Å². The van der Waals surface area contributed by atoms with Crippen LogP contribution < -0.4 is 4.90 Å². The van der Waals surface area contributed by atoms with E-state index < -0.39 is 15.8 Å². The van der Waals surface area contributed by atoms with E-state index in [9.17, 15) is 12.8 Å². The molecule has 0 aliphatic carbocycles. The zero-order valence-corrected chi connectivity index (χ0v) is 19.6. The standard InChI is InChI=1S/C23H26FN3O2S2/c1-16-5-4-6-17(2)21(16)14-20-15-30-23(25-20)26-9-11-27(12-10-26)31(28,29)22-13-19(24)8-7-18(22)3/h4-8,13,15H,9-12,14H2,1-3H3. The first-order valence-corrected chi connectivity index (χ1v) is 12.6. The van der Waals surface area contributed by atoms with Gasteiger partial charge in [0.2, 0.25) is 10.0 Å². The van der Waals surface area contributed by atoms with Crippen LogP contribution in [0.4, 0.5) is 9.52 Å². The average Bonchev–Trinajstić information content (AvgIpc) is 3.21. The van der Waals surface area contributed by atoms with Crippen molar-refractivity contribution in [3.63, 3.8) is 0 Å². The number of rotatable bonds is 5. The number of piperazine rings is 1. The number of thiazole rings is 1. The van der Waals surface area contributed by atoms with Crippen molar-refractivity contribution < 1.29 is 12.8 Å². The van der Waals surface area contributed by atoms with Crippen molar-refractivity contribution >= 4 is 26.5 Å². The molecular formula is C23H26FN3O2S2. The van der Waals surface area contributed by atoms with E-state index in [1.165, 1.54) is 33.1 Å². The third-order valence-corrected chi connectivity index (χ3v) is 8.81. The number of hydrogen-bond acceptors (Lipinski definition) is 5. The summed E-state index contributed by atoms with van der Waals surface area (Å²) in [6.45, 7) is 7.75. The third kappa shape index (κ3) is 4.51. The molecule has 0 spiro atoms. The molecule has 1 aromatic heterocycles. The Hall–Kier alpha value is -2.29. The van der Waals surface area contributed by atoms with E-state index in [1.807, 2.05) is 0 Å². The van der Waals surface area contributed by atoms with Gasteiger partial charge in [-0.2, -0.15) is 4.31 Å². The zero-order chi connectivity index (χ0) is 22.2. The molecule has 5 nitrogen and oxygen atoms in total. The highest BCUT2D eigenvalue weighted by molar-refractivity contribution is 7.89. The van der Waals surface area contributed by atoms with E-state index in [1.54, 1.807) is 18.3 Å². The first-order valence-electron chi connectivity index (χ1n) is 10.3. The van der Waals surface area contributed by atoms with Crippen molar-refractivity contribution in [2.24, 2.45) is 0 Å². The number of anilines is 1. The van der Waals surface area contributed by atoms with Crippen LogP contribution in [0.5, 0.6) is 0 Å². The summed E-state index contributed by atoms with van der Waals surface area (Å²) in [5, 5.41) is 3.00. The van der Waals surface area contributed by atoms with Crippen molar-refractivity contribution in [2.75, 3.05) is 31.1 Å². The van der Waals surface area contributed by atoms with Crippen molar-refractivity contribution in [1.82, 2.24) is 9.29 Å². The highest BCUT2D eigenvalue weighted by Gasteiger charge is 2.30. The molecule has 164 valence electrons. The van der Waals surface area contributed by atoms with Crippen molar-refractivity contribution in [2.45, 2.75) is 32.1 Å². The summed E-state index contributed by atoms with van der Waals surface area (Å²) in [6.07, 6.45) is 0.794. The van der Waals surface area contributed by atoms with Gasteiger partial charge in [0.15, 0.2) is 5.13 Å². The Bertz CT molecular complexity index is 1180. The maximum Gasteiger partial charge on any atom is 0.243 e. The molecule has 0 bridgehead atoms. The molecule has 0 saturated carbocycles. The van der Waals surface area contributed by atoms with Crippen LogP contribution in [0.2, 0.25) is 0 Å². The molecule has 1 saturated heterocycles. The summed E-state index contributed by atoms with van der Waals surface area (Å²) in [4.78, 5) is 6.99. The molecule has 3 aromatic rings. The van der Waals surface area contributed by atoms with Gasteiger partial charge in [-0.3, -0.25) is 0 Å². The topological polar surface area (TPSA) is 53.5 Å². The lowest BCUT2D eigenvalue weighted by atomic mass is 9.99. The molecule has 0 N–H and O–H groups in total. The summed E-state index contributed by atoms with van der Waals surface area (Å²) in [7, 11) is -3.72. The first-order chi connectivity index (χ1) is 14.8. The van der Waals surface area contributed by atoms with E-state index in [2.05, 4.69) is 42.3 Å². The monoisotopic (exact) mass is 459 g/mol. The number of sulfonamides is 1. The first kappa shape index (κ1) is 21.9. The molecule has 31 heavy (non-hydrogen) atoms. The molecule has 1 aliphatic rings. The number of hydrogen-bond donors (Lipinski definition) is 0. The SMILES string of the molecule is Cc1ccc(F)cc1S(=O)(=O)N1CCN(c2nc(Cc3c(C)cccc3C)cs2)CC1. The predicted octanol–water partition coefficient (Wildman–Crippen LogP) is 4.31. The van der Waals surface area contributed by atoms with Crippen LogP contribution >= 0.6 is 11.3 Å². The minimum atomic E-state index is -3.72. The second kappa shape index (κ2) is 8.68. The molecule has 0 unspecified atom stereocenters. The minimum Gasteiger partial charge on any atom is -0.345 e. The Morgan fingerprint density at radius 1 is 1.00 bits per heavy atom. The van der Waals surface area contributed by atoms with E-state index in [0.29, 0.717) is 31.7 Å². The van der Waals surface area contributed by atoms with Crippen molar-refractivity contribution in [1.29, 1.82) is 0 Å². The maximum atomic E-state index is 13.6. The van der Waals surface area contributed by atoms with Crippen LogP contribution in [0.1, 0.15) is 27.9 Å². The van der Waals surface area contributed by atoms with Crippen LogP contribution in [0, 0.1) is 26.6 Å². The van der Waals surface area contributed by atoms with Gasteiger partial charge in [0, 0.05) is 38.0 Å². The summed E-state index contributed by atoms with van der Waals surface area (Å²) >= 11 is 1.59. The molecule has 4 rings (SSSR count). The second-order valence-electron chi connectivity index (χ2n) is 7.97. The summed E-state index contributed by atoms with van der Waals surface area (Å²) in [5.41, 5.74) is 5.42. The third-order valence-electron chi connectivity index (χ3n) is 5.82. The molecule has 0 atom stereocenters. The van der Waals surface area contributed by atoms with Gasteiger partial charge >= 0.3 is 0 Å². The molecule has 1 fully saturated rings. The average molecular weight is 460 g/mol. The number of halogens is 1. The van der Waals surface area contributed by atoms with Gasteiger partial charge in [-0.05, 0) is 55.2 Å². The molecule has 0 amide bonds. The van der Waals surface area contributed by atoms with Crippen LogP contribution in [0.25, 0.3) is 0 Å². The Kier molecular flexibility index (Phi) is 6.14. The maximum absolute atomic E-state index is 13.6. The number of nitrogens with zero attached hydrogens (tertiary/aromatic N) is 3. The number of aryl methyl sites for hydroxylation is 3. The van der Waals surface area contributed by atoms with Gasteiger partial charge in [-0.1, -0.05) is 24.3 Å². The quantitative estimate of drug-likeness (QED) is 0.571. The fraction of sp³-hybridized carbons (Fsp3) is 0.348. The highest BCUT2D eigenvalue weighted by atomic mass is 32.2. The summed E-state index contributed by atoms with van der Waals surface area (Å²) in [6, 6.07) is 10.2. The lowest BCUT2D eigenvalue weighted by Crippen LogP contribution is -2.48. The minimum absolute atomic E-state index is 0.0473. The lowest BCUT2D eigenvalue weighted by Gasteiger charge is -2.34. The fourth-order valence-electron chi connectivity index (χ4n) is 3.94. The van der Waals surface area contributed by atoms with Crippen LogP contribution in [-0.2, 0) is 16.4 Å². The van der Waals surface area contributed by atoms with E-state index >= 15 is 0 Å². The molecular weight excluding hydrogens is 433 g/mol. The van der Waals surface area contributed by atoms with Crippen LogP contribution in [-0.4, -0.2) is 43.9 Å². The Balaban J connectivity index is 1.44. The van der Waals surface area contributed by atoms with E-state index in [4.69, 9.17) is 4.98 Å². The van der Waals surface area contributed by atoms with Crippen LogP contribution in [0.3, 0.4) is 0 Å². The molecule has 1 aliphatic heterocycles. The lowest BCUT2D eigenvalue weighted by molar-refractivity contribution is 0.384. The van der Waals surface area contributed by atoms with Gasteiger partial charge in [0.05, 0.1) is 10.6 Å². The Labute approximate surface area is 187 Å². The highest BCUT2D eigenvalue weighted by Crippen LogP contribution is 2.27. The largest absolute Gasteiger partial charge is 0.345 e. The van der Waals surface area contributed by atoms with Gasteiger partial charge in [0.1, 0.15) is 5.82 Å². The Morgan fingerprint density at radius 2 is 1.68 bits per heavy atom.